The number of benzene rings is 1. The molecule has 1 amide bonds. The van der Waals surface area contributed by atoms with Gasteiger partial charge >= 0.3 is 6.61 Å². The zero-order chi connectivity index (χ0) is 15.0. The molecule has 5 nitrogen and oxygen atoms in total. The van der Waals surface area contributed by atoms with Gasteiger partial charge in [0.05, 0.1) is 13.2 Å². The second-order valence-corrected chi connectivity index (χ2v) is 3.90. The van der Waals surface area contributed by atoms with Crippen LogP contribution in [-0.2, 0) is 11.3 Å². The highest BCUT2D eigenvalue weighted by molar-refractivity contribution is 5.77. The molecular weight excluding hydrogens is 270 g/mol. The smallest absolute Gasteiger partial charge is 0.387 e. The van der Waals surface area contributed by atoms with Crippen molar-refractivity contribution in [2.75, 3.05) is 20.2 Å². The van der Waals surface area contributed by atoms with Crippen LogP contribution < -0.4 is 20.1 Å². The molecule has 0 radical (unpaired) electrons. The van der Waals surface area contributed by atoms with Crippen LogP contribution in [0.15, 0.2) is 18.2 Å². The van der Waals surface area contributed by atoms with Gasteiger partial charge in [-0.1, -0.05) is 6.07 Å². The summed E-state index contributed by atoms with van der Waals surface area (Å²) in [6.07, 6.45) is 0. The number of alkyl halides is 2. The first-order valence-corrected chi connectivity index (χ1v) is 6.18. The van der Waals surface area contributed by atoms with E-state index in [1.165, 1.54) is 6.07 Å². The van der Waals surface area contributed by atoms with Crippen molar-refractivity contribution in [1.82, 2.24) is 10.6 Å². The Morgan fingerprint density at radius 2 is 2.10 bits per heavy atom. The van der Waals surface area contributed by atoms with E-state index < -0.39 is 6.61 Å². The van der Waals surface area contributed by atoms with E-state index in [1.54, 1.807) is 26.1 Å². The summed E-state index contributed by atoms with van der Waals surface area (Å²) in [6.45, 7) is -0.335. The summed E-state index contributed by atoms with van der Waals surface area (Å²) in [6, 6.07) is 4.57. The van der Waals surface area contributed by atoms with E-state index in [-0.39, 0.29) is 30.5 Å². The second kappa shape index (κ2) is 8.31. The highest BCUT2D eigenvalue weighted by atomic mass is 19.3. The van der Waals surface area contributed by atoms with E-state index in [2.05, 4.69) is 15.4 Å². The van der Waals surface area contributed by atoms with Crippen molar-refractivity contribution in [2.45, 2.75) is 20.1 Å². The first-order chi connectivity index (χ1) is 9.56. The van der Waals surface area contributed by atoms with Gasteiger partial charge in [0.15, 0.2) is 11.5 Å². The Hall–Kier alpha value is -1.89. The van der Waals surface area contributed by atoms with Crippen LogP contribution >= 0.6 is 0 Å². The van der Waals surface area contributed by atoms with Crippen molar-refractivity contribution < 1.29 is 23.0 Å². The third-order valence-corrected chi connectivity index (χ3v) is 2.35. The van der Waals surface area contributed by atoms with Crippen LogP contribution in [0.3, 0.4) is 0 Å². The van der Waals surface area contributed by atoms with Gasteiger partial charge in [0.25, 0.3) is 0 Å². The van der Waals surface area contributed by atoms with E-state index in [0.717, 1.165) is 5.56 Å². The molecule has 20 heavy (non-hydrogen) atoms. The number of nitrogens with one attached hydrogen (secondary N) is 2. The van der Waals surface area contributed by atoms with E-state index in [1.807, 2.05) is 0 Å². The van der Waals surface area contributed by atoms with Crippen LogP contribution in [-0.4, -0.2) is 32.7 Å². The lowest BCUT2D eigenvalue weighted by Crippen LogP contribution is -2.31. The average Bonchev–Trinajstić information content (AvgIpc) is 2.39. The molecule has 2 N–H and O–H groups in total. The fourth-order valence-corrected chi connectivity index (χ4v) is 1.55. The molecule has 0 fully saturated rings. The normalized spacial score (nSPS) is 10.4. The predicted octanol–water partition coefficient (Wildman–Crippen LogP) is 1.52. The summed E-state index contributed by atoms with van der Waals surface area (Å²) in [4.78, 5) is 11.3. The summed E-state index contributed by atoms with van der Waals surface area (Å²) in [7, 11) is 1.67. The Balaban J connectivity index is 2.73. The molecule has 0 aliphatic carbocycles. The minimum Gasteiger partial charge on any atom is -0.490 e. The number of ether oxygens (including phenoxy) is 2. The van der Waals surface area contributed by atoms with Crippen LogP contribution in [0.5, 0.6) is 11.5 Å². The minimum absolute atomic E-state index is 0.0212. The van der Waals surface area contributed by atoms with Gasteiger partial charge < -0.3 is 20.1 Å². The number of carbonyl (C=O) groups is 1. The van der Waals surface area contributed by atoms with E-state index in [0.29, 0.717) is 6.61 Å². The third-order valence-electron chi connectivity index (χ3n) is 2.35. The van der Waals surface area contributed by atoms with Crippen molar-refractivity contribution in [3.63, 3.8) is 0 Å². The molecule has 0 unspecified atom stereocenters. The van der Waals surface area contributed by atoms with Crippen molar-refractivity contribution in [3.8, 4) is 11.5 Å². The fraction of sp³-hybridized carbons (Fsp3) is 0.462. The molecule has 0 saturated heterocycles. The molecule has 112 valence electrons. The van der Waals surface area contributed by atoms with Gasteiger partial charge in [-0.25, -0.2) is 0 Å². The molecule has 0 saturated carbocycles. The second-order valence-electron chi connectivity index (χ2n) is 3.90. The average molecular weight is 288 g/mol. The quantitative estimate of drug-likeness (QED) is 0.761. The number of hydrogen-bond donors (Lipinski definition) is 2. The maximum atomic E-state index is 12.2. The first kappa shape index (κ1) is 16.2. The maximum Gasteiger partial charge on any atom is 0.387 e. The van der Waals surface area contributed by atoms with Crippen LogP contribution in [0.4, 0.5) is 8.78 Å². The van der Waals surface area contributed by atoms with Crippen molar-refractivity contribution in [3.05, 3.63) is 23.8 Å². The molecular formula is C13H18F2N2O3. The van der Waals surface area contributed by atoms with Crippen molar-refractivity contribution in [1.29, 1.82) is 0 Å². The van der Waals surface area contributed by atoms with Gasteiger partial charge in [-0.2, -0.15) is 8.78 Å². The molecule has 1 aromatic rings. The first-order valence-electron chi connectivity index (χ1n) is 6.18. The van der Waals surface area contributed by atoms with E-state index >= 15 is 0 Å². The minimum atomic E-state index is -2.91. The number of amides is 1. The van der Waals surface area contributed by atoms with Gasteiger partial charge in [0.2, 0.25) is 5.91 Å². The number of halogens is 2. The van der Waals surface area contributed by atoms with Gasteiger partial charge in [-0.3, -0.25) is 4.79 Å². The summed E-state index contributed by atoms with van der Waals surface area (Å²) in [5.41, 5.74) is 0.736. The Kier molecular flexibility index (Phi) is 6.72. The lowest BCUT2D eigenvalue weighted by molar-refractivity contribution is -0.120. The van der Waals surface area contributed by atoms with Gasteiger partial charge in [0, 0.05) is 6.54 Å². The van der Waals surface area contributed by atoms with E-state index in [9.17, 15) is 13.6 Å². The fourth-order valence-electron chi connectivity index (χ4n) is 1.55. The lowest BCUT2D eigenvalue weighted by Gasteiger charge is -2.13. The molecule has 0 aromatic heterocycles. The third kappa shape index (κ3) is 5.40. The molecule has 1 rings (SSSR count). The van der Waals surface area contributed by atoms with Crippen molar-refractivity contribution in [2.24, 2.45) is 0 Å². The SMILES string of the molecule is CCOc1cc(CNC(=O)CNC)ccc1OC(F)F. The topological polar surface area (TPSA) is 59.6 Å². The predicted molar refractivity (Wildman–Crippen MR) is 70.0 cm³/mol. The summed E-state index contributed by atoms with van der Waals surface area (Å²) >= 11 is 0. The molecule has 0 spiro atoms. The Morgan fingerprint density at radius 1 is 1.35 bits per heavy atom. The van der Waals surface area contributed by atoms with Gasteiger partial charge in [-0.05, 0) is 31.7 Å². The number of hydrogen-bond acceptors (Lipinski definition) is 4. The summed E-state index contributed by atoms with van der Waals surface area (Å²) in [5, 5.41) is 5.41. The highest BCUT2D eigenvalue weighted by Crippen LogP contribution is 2.29. The zero-order valence-electron chi connectivity index (χ0n) is 11.4. The Bertz CT molecular complexity index is 442. The molecule has 0 heterocycles. The van der Waals surface area contributed by atoms with Crippen molar-refractivity contribution >= 4 is 5.91 Å². The monoisotopic (exact) mass is 288 g/mol. The molecule has 0 atom stereocenters. The van der Waals surface area contributed by atoms with Crippen LogP contribution in [0.2, 0.25) is 0 Å². The van der Waals surface area contributed by atoms with Crippen LogP contribution in [0.1, 0.15) is 12.5 Å². The molecule has 7 heteroatoms. The number of likely N-dealkylation sites (N-methyl/N-ethyl adjacent to an activating group) is 1. The highest BCUT2D eigenvalue weighted by Gasteiger charge is 2.11. The van der Waals surface area contributed by atoms with Gasteiger partial charge in [0.1, 0.15) is 0 Å². The number of rotatable bonds is 8. The van der Waals surface area contributed by atoms with Crippen LogP contribution in [0.25, 0.3) is 0 Å². The largest absolute Gasteiger partial charge is 0.490 e. The molecule has 1 aromatic carbocycles. The maximum absolute atomic E-state index is 12.2. The molecule has 0 aliphatic heterocycles. The standard InChI is InChI=1S/C13H18F2N2O3/c1-3-19-11-6-9(7-17-12(18)8-16-2)4-5-10(11)20-13(14)15/h4-6,13,16H,3,7-8H2,1-2H3,(H,17,18). The Morgan fingerprint density at radius 3 is 2.70 bits per heavy atom. The summed E-state index contributed by atoms with van der Waals surface area (Å²) in [5.74, 6) is 0.0543. The van der Waals surface area contributed by atoms with Crippen LogP contribution in [0, 0.1) is 0 Å². The summed E-state index contributed by atoms with van der Waals surface area (Å²) < 4.78 is 34.1. The Labute approximate surface area is 116 Å². The zero-order valence-corrected chi connectivity index (χ0v) is 11.4. The molecule has 0 bridgehead atoms. The lowest BCUT2D eigenvalue weighted by atomic mass is 10.2. The molecule has 0 aliphatic rings. The number of carbonyl (C=O) groups excluding carboxylic acids is 1. The van der Waals surface area contributed by atoms with Gasteiger partial charge in [-0.15, -0.1) is 0 Å². The van der Waals surface area contributed by atoms with E-state index in [4.69, 9.17) is 4.74 Å².